The van der Waals surface area contributed by atoms with Crippen molar-refractivity contribution < 1.29 is 0 Å². The first-order chi connectivity index (χ1) is 8.54. The van der Waals surface area contributed by atoms with Gasteiger partial charge in [0.05, 0.1) is 0 Å². The second-order valence-electron chi connectivity index (χ2n) is 7.17. The van der Waals surface area contributed by atoms with Crippen LogP contribution in [0.5, 0.6) is 0 Å². The minimum Gasteiger partial charge on any atom is -0.314 e. The molecule has 0 aromatic carbocycles. The van der Waals surface area contributed by atoms with Gasteiger partial charge in [0.25, 0.3) is 0 Å². The van der Waals surface area contributed by atoms with Gasteiger partial charge in [0.2, 0.25) is 0 Å². The van der Waals surface area contributed by atoms with Gasteiger partial charge in [0.15, 0.2) is 0 Å². The Hall–Kier alpha value is -0.300. The molecule has 0 spiro atoms. The molecule has 0 aromatic heterocycles. The Bertz CT molecular complexity index is 294. The van der Waals surface area contributed by atoms with Crippen molar-refractivity contribution in [2.45, 2.75) is 65.8 Å². The normalized spacial score (nSPS) is 41.6. The lowest BCUT2D eigenvalue weighted by atomic mass is 9.78. The highest BCUT2D eigenvalue weighted by atomic mass is 14.9. The summed E-state index contributed by atoms with van der Waals surface area (Å²) >= 11 is 0. The van der Waals surface area contributed by atoms with Gasteiger partial charge in [-0.25, -0.2) is 0 Å². The average molecular weight is 249 g/mol. The summed E-state index contributed by atoms with van der Waals surface area (Å²) in [6, 6.07) is 0.790. The van der Waals surface area contributed by atoms with Crippen LogP contribution >= 0.6 is 0 Å². The SMILES string of the molecule is CC1=CC(C)CC(CNC2CCC(C)C(C)C2)C1. The molecule has 0 aromatic rings. The molecule has 0 saturated heterocycles. The zero-order valence-corrected chi connectivity index (χ0v) is 12.7. The van der Waals surface area contributed by atoms with E-state index in [1.807, 2.05) is 0 Å². The Balaban J connectivity index is 1.74. The van der Waals surface area contributed by atoms with Crippen molar-refractivity contribution in [1.29, 1.82) is 0 Å². The van der Waals surface area contributed by atoms with Crippen molar-refractivity contribution in [2.24, 2.45) is 23.7 Å². The molecule has 0 aliphatic heterocycles. The van der Waals surface area contributed by atoms with Crippen LogP contribution in [0.3, 0.4) is 0 Å². The van der Waals surface area contributed by atoms with Crippen LogP contribution in [-0.2, 0) is 0 Å². The zero-order valence-electron chi connectivity index (χ0n) is 12.7. The monoisotopic (exact) mass is 249 g/mol. The molecule has 18 heavy (non-hydrogen) atoms. The van der Waals surface area contributed by atoms with Crippen LogP contribution in [0, 0.1) is 23.7 Å². The summed E-state index contributed by atoms with van der Waals surface area (Å²) in [6.07, 6.45) is 9.35. The molecule has 0 radical (unpaired) electrons. The highest BCUT2D eigenvalue weighted by molar-refractivity contribution is 5.06. The molecule has 1 fully saturated rings. The summed E-state index contributed by atoms with van der Waals surface area (Å²) < 4.78 is 0. The molecule has 1 saturated carbocycles. The van der Waals surface area contributed by atoms with Crippen molar-refractivity contribution in [3.8, 4) is 0 Å². The smallest absolute Gasteiger partial charge is 0.00699 e. The number of allylic oxidation sites excluding steroid dienone is 2. The van der Waals surface area contributed by atoms with E-state index in [1.54, 1.807) is 5.57 Å². The van der Waals surface area contributed by atoms with Crippen LogP contribution in [0.4, 0.5) is 0 Å². The Morgan fingerprint density at radius 2 is 1.89 bits per heavy atom. The summed E-state index contributed by atoms with van der Waals surface area (Å²) in [5.74, 6) is 3.50. The fourth-order valence-corrected chi connectivity index (χ4v) is 3.91. The molecule has 5 atom stereocenters. The third-order valence-electron chi connectivity index (χ3n) is 5.18. The van der Waals surface area contributed by atoms with Crippen LogP contribution in [0.15, 0.2) is 11.6 Å². The third kappa shape index (κ3) is 3.85. The highest BCUT2D eigenvalue weighted by Crippen LogP contribution is 2.31. The predicted molar refractivity (Wildman–Crippen MR) is 79.6 cm³/mol. The van der Waals surface area contributed by atoms with E-state index in [-0.39, 0.29) is 0 Å². The average Bonchev–Trinajstić information content (AvgIpc) is 2.29. The topological polar surface area (TPSA) is 12.0 Å². The van der Waals surface area contributed by atoms with Gasteiger partial charge in [-0.2, -0.15) is 0 Å². The molecule has 2 aliphatic rings. The fourth-order valence-electron chi connectivity index (χ4n) is 3.91. The van der Waals surface area contributed by atoms with Crippen molar-refractivity contribution in [2.75, 3.05) is 6.54 Å². The van der Waals surface area contributed by atoms with E-state index in [0.29, 0.717) is 0 Å². The molecule has 1 heteroatoms. The van der Waals surface area contributed by atoms with Gasteiger partial charge in [-0.15, -0.1) is 0 Å². The number of hydrogen-bond donors (Lipinski definition) is 1. The van der Waals surface area contributed by atoms with Crippen LogP contribution in [0.1, 0.15) is 59.8 Å². The van der Waals surface area contributed by atoms with Crippen molar-refractivity contribution in [1.82, 2.24) is 5.32 Å². The highest BCUT2D eigenvalue weighted by Gasteiger charge is 2.25. The van der Waals surface area contributed by atoms with Crippen LogP contribution in [0.25, 0.3) is 0 Å². The summed E-state index contributed by atoms with van der Waals surface area (Å²) in [7, 11) is 0. The number of nitrogens with one attached hydrogen (secondary N) is 1. The van der Waals surface area contributed by atoms with E-state index < -0.39 is 0 Å². The maximum absolute atomic E-state index is 3.86. The molecule has 0 bridgehead atoms. The minimum absolute atomic E-state index is 0.788. The third-order valence-corrected chi connectivity index (χ3v) is 5.18. The van der Waals surface area contributed by atoms with Crippen LogP contribution in [-0.4, -0.2) is 12.6 Å². The van der Waals surface area contributed by atoms with Gasteiger partial charge >= 0.3 is 0 Å². The lowest BCUT2D eigenvalue weighted by Gasteiger charge is -2.34. The number of hydrogen-bond acceptors (Lipinski definition) is 1. The second kappa shape index (κ2) is 6.23. The van der Waals surface area contributed by atoms with E-state index in [2.05, 4.69) is 39.1 Å². The standard InChI is InChI=1S/C17H31N/c1-12-7-13(2)9-16(8-12)11-18-17-6-5-14(3)15(4)10-17/h7,12,14-18H,5-6,8-11H2,1-4H3. The van der Waals surface area contributed by atoms with Crippen molar-refractivity contribution in [3.05, 3.63) is 11.6 Å². The Kier molecular flexibility index (Phi) is 4.89. The van der Waals surface area contributed by atoms with Gasteiger partial charge in [0.1, 0.15) is 0 Å². The van der Waals surface area contributed by atoms with E-state index in [1.165, 1.54) is 38.6 Å². The predicted octanol–water partition coefficient (Wildman–Crippen LogP) is 4.39. The van der Waals surface area contributed by atoms with Crippen molar-refractivity contribution >= 4 is 0 Å². The molecule has 1 N–H and O–H groups in total. The van der Waals surface area contributed by atoms with Gasteiger partial charge in [-0.3, -0.25) is 0 Å². The summed E-state index contributed by atoms with van der Waals surface area (Å²) in [6.45, 7) is 10.7. The summed E-state index contributed by atoms with van der Waals surface area (Å²) in [5, 5.41) is 3.86. The number of rotatable bonds is 3. The maximum Gasteiger partial charge on any atom is 0.00699 e. The molecule has 2 rings (SSSR count). The minimum atomic E-state index is 0.788. The van der Waals surface area contributed by atoms with E-state index in [4.69, 9.17) is 0 Å². The molecule has 0 amide bonds. The quantitative estimate of drug-likeness (QED) is 0.731. The van der Waals surface area contributed by atoms with E-state index in [9.17, 15) is 0 Å². The van der Waals surface area contributed by atoms with Crippen LogP contribution in [0.2, 0.25) is 0 Å². The molecule has 5 unspecified atom stereocenters. The molecule has 104 valence electrons. The fraction of sp³-hybridized carbons (Fsp3) is 0.882. The van der Waals surface area contributed by atoms with E-state index >= 15 is 0 Å². The first-order valence-electron chi connectivity index (χ1n) is 7.95. The first-order valence-corrected chi connectivity index (χ1v) is 7.95. The van der Waals surface area contributed by atoms with Crippen LogP contribution < -0.4 is 5.32 Å². The molecule has 1 nitrogen and oxygen atoms in total. The molecule has 2 aliphatic carbocycles. The van der Waals surface area contributed by atoms with Gasteiger partial charge in [0, 0.05) is 6.04 Å². The Morgan fingerprint density at radius 3 is 2.56 bits per heavy atom. The largest absolute Gasteiger partial charge is 0.314 e. The molecular weight excluding hydrogens is 218 g/mol. The lowest BCUT2D eigenvalue weighted by Crippen LogP contribution is -2.39. The molecular formula is C17H31N. The first kappa shape index (κ1) is 14.1. The lowest BCUT2D eigenvalue weighted by molar-refractivity contribution is 0.217. The second-order valence-corrected chi connectivity index (χ2v) is 7.17. The molecule has 0 heterocycles. The van der Waals surface area contributed by atoms with Crippen molar-refractivity contribution in [3.63, 3.8) is 0 Å². The van der Waals surface area contributed by atoms with Gasteiger partial charge in [-0.1, -0.05) is 32.4 Å². The summed E-state index contributed by atoms with van der Waals surface area (Å²) in [4.78, 5) is 0. The zero-order chi connectivity index (χ0) is 13.1. The Labute approximate surface area is 113 Å². The van der Waals surface area contributed by atoms with Gasteiger partial charge < -0.3 is 5.32 Å². The maximum atomic E-state index is 3.86. The summed E-state index contributed by atoms with van der Waals surface area (Å²) in [5.41, 5.74) is 1.60. The Morgan fingerprint density at radius 1 is 1.11 bits per heavy atom. The van der Waals surface area contributed by atoms with Gasteiger partial charge in [-0.05, 0) is 69.2 Å². The van der Waals surface area contributed by atoms with E-state index in [0.717, 1.165) is 29.7 Å².